The van der Waals surface area contributed by atoms with Crippen LogP contribution in [0.5, 0.6) is 5.75 Å². The average Bonchev–Trinajstić information content (AvgIpc) is 2.44. The molecule has 1 amide bonds. The summed E-state index contributed by atoms with van der Waals surface area (Å²) in [4.78, 5) is 23.2. The highest BCUT2D eigenvalue weighted by molar-refractivity contribution is 5.81. The highest BCUT2D eigenvalue weighted by Gasteiger charge is 2.20. The maximum Gasteiger partial charge on any atom is 0.307 e. The van der Waals surface area contributed by atoms with E-state index in [9.17, 15) is 9.59 Å². The molecule has 0 fully saturated rings. The summed E-state index contributed by atoms with van der Waals surface area (Å²) in [6.45, 7) is 5.98. The van der Waals surface area contributed by atoms with Crippen LogP contribution in [-0.2, 0) is 20.9 Å². The Morgan fingerprint density at radius 1 is 1.14 bits per heavy atom. The minimum Gasteiger partial charge on any atom is -0.497 e. The van der Waals surface area contributed by atoms with Gasteiger partial charge in [-0.3, -0.25) is 9.59 Å². The Kier molecular flexibility index (Phi) is 6.21. The first-order valence-corrected chi connectivity index (χ1v) is 6.90. The van der Waals surface area contributed by atoms with Gasteiger partial charge in [0.1, 0.15) is 12.4 Å². The van der Waals surface area contributed by atoms with Gasteiger partial charge in [-0.05, 0) is 17.7 Å². The molecule has 21 heavy (non-hydrogen) atoms. The molecule has 1 rings (SSSR count). The fourth-order valence-electron chi connectivity index (χ4n) is 1.50. The topological polar surface area (TPSA) is 64.6 Å². The molecule has 1 aromatic carbocycles. The molecule has 0 saturated heterocycles. The highest BCUT2D eigenvalue weighted by atomic mass is 16.5. The van der Waals surface area contributed by atoms with Crippen molar-refractivity contribution in [2.75, 3.05) is 13.7 Å². The fourth-order valence-corrected chi connectivity index (χ4v) is 1.50. The minimum atomic E-state index is -0.451. The summed E-state index contributed by atoms with van der Waals surface area (Å²) < 4.78 is 10.2. The van der Waals surface area contributed by atoms with Crippen molar-refractivity contribution in [3.05, 3.63) is 29.8 Å². The molecule has 1 aromatic rings. The van der Waals surface area contributed by atoms with E-state index in [-0.39, 0.29) is 31.4 Å². The Morgan fingerprint density at radius 2 is 1.76 bits per heavy atom. The summed E-state index contributed by atoms with van der Waals surface area (Å²) >= 11 is 0. The monoisotopic (exact) mass is 293 g/mol. The molecule has 0 heterocycles. The summed E-state index contributed by atoms with van der Waals surface area (Å²) in [5.74, 6) is 0.348. The van der Waals surface area contributed by atoms with Crippen molar-refractivity contribution >= 4 is 11.9 Å². The van der Waals surface area contributed by atoms with Crippen molar-refractivity contribution in [1.82, 2.24) is 5.32 Å². The molecular weight excluding hydrogens is 270 g/mol. The minimum absolute atomic E-state index is 0.0783. The van der Waals surface area contributed by atoms with Crippen molar-refractivity contribution in [3.63, 3.8) is 0 Å². The lowest BCUT2D eigenvalue weighted by molar-refractivity contribution is -0.144. The maximum atomic E-state index is 11.6. The van der Waals surface area contributed by atoms with Crippen LogP contribution in [-0.4, -0.2) is 25.5 Å². The normalized spacial score (nSPS) is 10.9. The summed E-state index contributed by atoms with van der Waals surface area (Å²) in [5.41, 5.74) is 0.440. The summed E-state index contributed by atoms with van der Waals surface area (Å²) in [5, 5.41) is 2.71. The van der Waals surface area contributed by atoms with Gasteiger partial charge < -0.3 is 14.8 Å². The van der Waals surface area contributed by atoms with Gasteiger partial charge in [-0.15, -0.1) is 0 Å². The van der Waals surface area contributed by atoms with Crippen LogP contribution in [0.25, 0.3) is 0 Å². The van der Waals surface area contributed by atoms with Crippen molar-refractivity contribution in [1.29, 1.82) is 0 Å². The molecular formula is C16H23NO4. The molecule has 0 atom stereocenters. The number of hydrogen-bond acceptors (Lipinski definition) is 4. The number of methoxy groups -OCH3 is 1. The second kappa shape index (κ2) is 7.67. The molecule has 5 heteroatoms. The second-order valence-corrected chi connectivity index (χ2v) is 5.76. The number of carbonyl (C=O) groups is 2. The van der Waals surface area contributed by atoms with Gasteiger partial charge in [-0.2, -0.15) is 0 Å². The van der Waals surface area contributed by atoms with E-state index in [2.05, 4.69) is 5.32 Å². The third-order valence-electron chi connectivity index (χ3n) is 2.85. The average molecular weight is 293 g/mol. The second-order valence-electron chi connectivity index (χ2n) is 5.76. The van der Waals surface area contributed by atoms with Gasteiger partial charge >= 0.3 is 5.97 Å². The Labute approximate surface area is 125 Å². The Morgan fingerprint density at radius 3 is 2.29 bits per heavy atom. The third kappa shape index (κ3) is 6.29. The number of rotatable bonds is 6. The summed E-state index contributed by atoms with van der Waals surface area (Å²) in [7, 11) is 1.60. The third-order valence-corrected chi connectivity index (χ3v) is 2.85. The van der Waals surface area contributed by atoms with Gasteiger partial charge in [0, 0.05) is 12.0 Å². The number of hydrogen-bond donors (Lipinski definition) is 1. The van der Waals surface area contributed by atoms with Crippen LogP contribution in [0.2, 0.25) is 0 Å². The number of nitrogens with one attached hydrogen (secondary N) is 1. The Balaban J connectivity index is 2.26. The first-order chi connectivity index (χ1) is 9.82. The number of amides is 1. The van der Waals surface area contributed by atoms with Crippen molar-refractivity contribution < 1.29 is 19.1 Å². The van der Waals surface area contributed by atoms with Gasteiger partial charge in [0.05, 0.1) is 13.5 Å². The summed E-state index contributed by atoms with van der Waals surface area (Å²) in [6.07, 6.45) is 0.165. The van der Waals surface area contributed by atoms with Gasteiger partial charge in [0.25, 0.3) is 0 Å². The van der Waals surface area contributed by atoms with Crippen LogP contribution in [0.3, 0.4) is 0 Å². The molecule has 0 spiro atoms. The van der Waals surface area contributed by atoms with E-state index in [4.69, 9.17) is 9.47 Å². The van der Waals surface area contributed by atoms with Crippen LogP contribution in [0, 0.1) is 5.41 Å². The van der Waals surface area contributed by atoms with E-state index in [1.54, 1.807) is 7.11 Å². The molecule has 0 aromatic heterocycles. The van der Waals surface area contributed by atoms with E-state index in [1.807, 2.05) is 45.0 Å². The van der Waals surface area contributed by atoms with E-state index in [0.717, 1.165) is 11.3 Å². The molecule has 0 bridgehead atoms. The lowest BCUT2D eigenvalue weighted by atomic mass is 9.96. The van der Waals surface area contributed by atoms with E-state index in [1.165, 1.54) is 0 Å². The van der Waals surface area contributed by atoms with Crippen molar-refractivity contribution in [3.8, 4) is 5.75 Å². The SMILES string of the molecule is COc1ccc(COC(=O)CCNC(=O)C(C)(C)C)cc1. The van der Waals surface area contributed by atoms with Crippen molar-refractivity contribution in [2.45, 2.75) is 33.8 Å². The molecule has 0 aliphatic carbocycles. The van der Waals surface area contributed by atoms with Crippen molar-refractivity contribution in [2.24, 2.45) is 5.41 Å². The first kappa shape index (κ1) is 17.0. The van der Waals surface area contributed by atoms with Gasteiger partial charge in [-0.1, -0.05) is 32.9 Å². The van der Waals surface area contributed by atoms with Gasteiger partial charge in [0.15, 0.2) is 0 Å². The molecule has 1 N–H and O–H groups in total. The van der Waals surface area contributed by atoms with Crippen LogP contribution < -0.4 is 10.1 Å². The molecule has 0 aliphatic heterocycles. The largest absolute Gasteiger partial charge is 0.497 e. The molecule has 116 valence electrons. The van der Waals surface area contributed by atoms with E-state index in [0.29, 0.717) is 0 Å². The summed E-state index contributed by atoms with van der Waals surface area (Å²) in [6, 6.07) is 7.31. The molecule has 0 aliphatic rings. The number of benzene rings is 1. The van der Waals surface area contributed by atoms with E-state index >= 15 is 0 Å². The maximum absolute atomic E-state index is 11.6. The standard InChI is InChI=1S/C16H23NO4/c1-16(2,3)15(19)17-10-9-14(18)21-11-12-5-7-13(20-4)8-6-12/h5-8H,9-11H2,1-4H3,(H,17,19). The van der Waals surface area contributed by atoms with Crippen LogP contribution in [0.1, 0.15) is 32.8 Å². The van der Waals surface area contributed by atoms with Crippen LogP contribution in [0.15, 0.2) is 24.3 Å². The molecule has 0 radical (unpaired) electrons. The lowest BCUT2D eigenvalue weighted by Crippen LogP contribution is -2.36. The predicted octanol–water partition coefficient (Wildman–Crippen LogP) is 2.29. The quantitative estimate of drug-likeness (QED) is 0.817. The zero-order valence-electron chi connectivity index (χ0n) is 13.1. The first-order valence-electron chi connectivity index (χ1n) is 6.90. The zero-order chi connectivity index (χ0) is 15.9. The van der Waals surface area contributed by atoms with Crippen LogP contribution >= 0.6 is 0 Å². The number of ether oxygens (including phenoxy) is 2. The van der Waals surface area contributed by atoms with Gasteiger partial charge in [-0.25, -0.2) is 0 Å². The predicted molar refractivity (Wildman–Crippen MR) is 79.9 cm³/mol. The Hall–Kier alpha value is -2.04. The smallest absolute Gasteiger partial charge is 0.307 e. The molecule has 0 unspecified atom stereocenters. The highest BCUT2D eigenvalue weighted by Crippen LogP contribution is 2.13. The van der Waals surface area contributed by atoms with Crippen LogP contribution in [0.4, 0.5) is 0 Å². The molecule has 5 nitrogen and oxygen atoms in total. The zero-order valence-corrected chi connectivity index (χ0v) is 13.1. The molecule has 0 saturated carbocycles. The Bertz CT molecular complexity index is 474. The number of carbonyl (C=O) groups excluding carboxylic acids is 2. The number of esters is 1. The lowest BCUT2D eigenvalue weighted by Gasteiger charge is -2.17. The van der Waals surface area contributed by atoms with Gasteiger partial charge in [0.2, 0.25) is 5.91 Å². The fraction of sp³-hybridized carbons (Fsp3) is 0.500. The van der Waals surface area contributed by atoms with E-state index < -0.39 is 5.41 Å².